The van der Waals surface area contributed by atoms with E-state index in [0.717, 1.165) is 36.8 Å². The summed E-state index contributed by atoms with van der Waals surface area (Å²) in [7, 11) is 1.89. The van der Waals surface area contributed by atoms with Gasteiger partial charge < -0.3 is 19.7 Å². The first kappa shape index (κ1) is 33.0. The summed E-state index contributed by atoms with van der Waals surface area (Å²) >= 11 is 13.5. The molecule has 9 nitrogen and oxygen atoms in total. The molecule has 0 spiro atoms. The van der Waals surface area contributed by atoms with Crippen molar-refractivity contribution in [2.24, 2.45) is 18.4 Å². The maximum atomic E-state index is 14.7. The number of aliphatic carboxylic acids is 1. The minimum Gasteiger partial charge on any atom is -0.481 e. The third-order valence-corrected chi connectivity index (χ3v) is 10.5. The number of rotatable bonds is 10. The molecule has 2 aromatic carbocycles. The van der Waals surface area contributed by atoms with E-state index < -0.39 is 11.8 Å². The van der Waals surface area contributed by atoms with Crippen LogP contribution in [0.25, 0.3) is 10.9 Å². The third kappa shape index (κ3) is 6.32. The van der Waals surface area contributed by atoms with Crippen LogP contribution < -0.4 is 5.32 Å². The van der Waals surface area contributed by atoms with Crippen molar-refractivity contribution in [1.82, 2.24) is 14.4 Å². The van der Waals surface area contributed by atoms with Crippen molar-refractivity contribution in [3.8, 4) is 0 Å². The van der Waals surface area contributed by atoms with E-state index >= 15 is 0 Å². The van der Waals surface area contributed by atoms with Crippen molar-refractivity contribution in [2.75, 3.05) is 31.5 Å². The zero-order valence-corrected chi connectivity index (χ0v) is 28.2. The van der Waals surface area contributed by atoms with Gasteiger partial charge in [0.1, 0.15) is 0 Å². The highest BCUT2D eigenvalue weighted by atomic mass is 35.5. The smallest absolute Gasteiger partial charge is 0.306 e. The van der Waals surface area contributed by atoms with Crippen LogP contribution in [0, 0.1) is 11.3 Å². The number of carbonyl (C=O) groups excluding carboxylic acids is 2. The number of benzene rings is 2. The van der Waals surface area contributed by atoms with Crippen LogP contribution >= 0.6 is 23.2 Å². The number of nitrogens with one attached hydrogen (secondary N) is 1. The summed E-state index contributed by atoms with van der Waals surface area (Å²) in [5.41, 5.74) is 2.42. The van der Waals surface area contributed by atoms with Gasteiger partial charge >= 0.3 is 5.97 Å². The number of ether oxygens (including phenoxy) is 1. The van der Waals surface area contributed by atoms with Gasteiger partial charge in [-0.05, 0) is 67.7 Å². The number of halogens is 2. The third-order valence-electron chi connectivity index (χ3n) is 9.80. The molecule has 46 heavy (non-hydrogen) atoms. The number of carbonyl (C=O) groups is 3. The Balaban J connectivity index is 1.26. The monoisotopic (exact) mass is 668 g/mol. The normalized spacial score (nSPS) is 23.2. The number of Topliss-reactive ketones (excluding diaryl/α,β-unsaturated/α-hetero) is 1. The van der Waals surface area contributed by atoms with Gasteiger partial charge in [0, 0.05) is 61.8 Å². The van der Waals surface area contributed by atoms with Gasteiger partial charge in [0.2, 0.25) is 5.85 Å². The molecule has 6 rings (SSSR count). The number of nitrogens with zero attached hydrogens (tertiary/aromatic N) is 3. The van der Waals surface area contributed by atoms with Crippen LogP contribution in [0.2, 0.25) is 10.0 Å². The Morgan fingerprint density at radius 3 is 2.33 bits per heavy atom. The van der Waals surface area contributed by atoms with Gasteiger partial charge in [0.05, 0.1) is 28.3 Å². The minimum absolute atomic E-state index is 0.00595. The second-order valence-electron chi connectivity index (χ2n) is 13.9. The van der Waals surface area contributed by atoms with Crippen LogP contribution in [0.1, 0.15) is 68.3 Å². The van der Waals surface area contributed by atoms with E-state index in [0.29, 0.717) is 60.6 Å². The Morgan fingerprint density at radius 2 is 1.67 bits per heavy atom. The lowest BCUT2D eigenvalue weighted by atomic mass is 9.82. The molecule has 0 radical (unpaired) electrons. The van der Waals surface area contributed by atoms with Crippen molar-refractivity contribution < 1.29 is 24.2 Å². The molecule has 1 aromatic heterocycles. The van der Waals surface area contributed by atoms with E-state index in [2.05, 4.69) is 29.0 Å². The summed E-state index contributed by atoms with van der Waals surface area (Å²) in [6, 6.07) is 10.9. The zero-order valence-electron chi connectivity index (χ0n) is 26.7. The Labute approximate surface area is 279 Å². The van der Waals surface area contributed by atoms with Crippen LogP contribution in [0.15, 0.2) is 42.6 Å². The maximum Gasteiger partial charge on any atom is 0.306 e. The molecule has 3 aliphatic rings. The van der Waals surface area contributed by atoms with Crippen LogP contribution in [-0.2, 0) is 27.8 Å². The molecule has 2 aliphatic heterocycles. The van der Waals surface area contributed by atoms with Gasteiger partial charge in [-0.1, -0.05) is 55.2 Å². The fourth-order valence-corrected chi connectivity index (χ4v) is 7.93. The molecule has 1 aliphatic carbocycles. The predicted octanol–water partition coefficient (Wildman–Crippen LogP) is 6.60. The lowest BCUT2D eigenvalue weighted by Crippen LogP contribution is -2.74. The van der Waals surface area contributed by atoms with E-state index in [1.165, 1.54) is 0 Å². The van der Waals surface area contributed by atoms with Crippen molar-refractivity contribution in [3.63, 3.8) is 0 Å². The maximum absolute atomic E-state index is 14.7. The van der Waals surface area contributed by atoms with Gasteiger partial charge in [-0.25, -0.2) is 0 Å². The topological polar surface area (TPSA) is 104 Å². The van der Waals surface area contributed by atoms with Gasteiger partial charge in [0.15, 0.2) is 5.78 Å². The molecule has 1 atom stereocenters. The predicted molar refractivity (Wildman–Crippen MR) is 179 cm³/mol. The Bertz CT molecular complexity index is 1650. The molecule has 2 saturated heterocycles. The Hall–Kier alpha value is -2.95. The summed E-state index contributed by atoms with van der Waals surface area (Å²) in [5.74, 6) is -2.84. The molecule has 1 unspecified atom stereocenters. The highest BCUT2D eigenvalue weighted by molar-refractivity contribution is 6.36. The van der Waals surface area contributed by atoms with Crippen molar-refractivity contribution >= 4 is 57.5 Å². The summed E-state index contributed by atoms with van der Waals surface area (Å²) < 4.78 is 8.83. The van der Waals surface area contributed by atoms with Crippen molar-refractivity contribution in [3.05, 3.63) is 63.8 Å². The zero-order chi connectivity index (χ0) is 32.8. The van der Waals surface area contributed by atoms with E-state index in [4.69, 9.17) is 27.9 Å². The van der Waals surface area contributed by atoms with Gasteiger partial charge in [-0.15, -0.1) is 0 Å². The molecule has 11 heteroatoms. The summed E-state index contributed by atoms with van der Waals surface area (Å²) in [4.78, 5) is 43.9. The first-order valence-electron chi connectivity index (χ1n) is 16.2. The largest absolute Gasteiger partial charge is 0.481 e. The number of carboxylic acid groups (broad SMARTS) is 1. The van der Waals surface area contributed by atoms with E-state index in [-0.39, 0.29) is 40.6 Å². The average Bonchev–Trinajstić information content (AvgIpc) is 3.66. The van der Waals surface area contributed by atoms with E-state index in [9.17, 15) is 19.5 Å². The number of likely N-dealkylation sites (tertiary alicyclic amines) is 2. The first-order chi connectivity index (χ1) is 21.9. The lowest BCUT2D eigenvalue weighted by Gasteiger charge is -2.58. The second-order valence-corrected chi connectivity index (χ2v) is 14.7. The number of aromatic nitrogens is 1. The molecule has 0 bridgehead atoms. The van der Waals surface area contributed by atoms with Gasteiger partial charge in [-0.3, -0.25) is 24.2 Å². The van der Waals surface area contributed by atoms with E-state index in [1.807, 2.05) is 35.9 Å². The van der Waals surface area contributed by atoms with Crippen molar-refractivity contribution in [1.29, 1.82) is 0 Å². The van der Waals surface area contributed by atoms with Gasteiger partial charge in [-0.2, -0.15) is 0 Å². The number of para-hydroxylation sites is 1. The molecule has 3 aromatic rings. The number of fused-ring (bicyclic) bond motifs is 1. The SMILES string of the molecule is Cn1cc(C(=O)Nc2cc(Cl)c(CC(=O)C(O[C@H]3CC[C@H](C(=O)O)CC3)(N3CCCC3)N3CC(C)(C)C3)cc2Cl)c2ccccc21. The Morgan fingerprint density at radius 1 is 1.00 bits per heavy atom. The second kappa shape index (κ2) is 12.9. The summed E-state index contributed by atoms with van der Waals surface area (Å²) in [6.45, 7) is 7.24. The lowest BCUT2D eigenvalue weighted by molar-refractivity contribution is -0.284. The average molecular weight is 670 g/mol. The standard InChI is InChI=1S/C35H42Cl2N4O5/c1-34(2)20-41(21-34)35(40-14-6-7-15-40,46-24-12-10-22(11-13-24)33(44)45)31(42)17-23-16-28(37)29(18-27(23)36)38-32(43)26-19-39(3)30-9-5-4-8-25(26)30/h4-5,8-9,16,18-19,22,24H,6-7,10-15,17,20-21H2,1-3H3,(H,38,43)(H,44,45)/t22-,24-,35?. The van der Waals surface area contributed by atoms with Crippen LogP contribution in [0.3, 0.4) is 0 Å². The fraction of sp³-hybridized carbons (Fsp3) is 0.514. The molecular formula is C35H42Cl2N4O5. The first-order valence-corrected chi connectivity index (χ1v) is 16.9. The number of hydrogen-bond acceptors (Lipinski definition) is 6. The molecule has 3 fully saturated rings. The highest BCUT2D eigenvalue weighted by Crippen LogP contribution is 2.43. The molecule has 1 amide bonds. The Kier molecular flexibility index (Phi) is 9.26. The van der Waals surface area contributed by atoms with Crippen LogP contribution in [0.5, 0.6) is 0 Å². The van der Waals surface area contributed by atoms with Gasteiger partial charge in [0.25, 0.3) is 5.91 Å². The number of carboxylic acids is 1. The molecule has 1 saturated carbocycles. The van der Waals surface area contributed by atoms with Crippen LogP contribution in [-0.4, -0.2) is 75.3 Å². The molecule has 2 N–H and O–H groups in total. The number of aryl methyl sites for hydroxylation is 1. The quantitative estimate of drug-likeness (QED) is 0.251. The molecule has 246 valence electrons. The minimum atomic E-state index is -1.27. The number of anilines is 1. The van der Waals surface area contributed by atoms with Crippen LogP contribution in [0.4, 0.5) is 5.69 Å². The number of hydrogen-bond donors (Lipinski definition) is 2. The number of amides is 1. The fourth-order valence-electron chi connectivity index (χ4n) is 7.47. The summed E-state index contributed by atoms with van der Waals surface area (Å²) in [6.07, 6.45) is 5.74. The molecular weight excluding hydrogens is 627 g/mol. The van der Waals surface area contributed by atoms with Crippen molar-refractivity contribution in [2.45, 2.75) is 70.7 Å². The van der Waals surface area contributed by atoms with E-state index in [1.54, 1.807) is 18.3 Å². The molecule has 3 heterocycles. The summed E-state index contributed by atoms with van der Waals surface area (Å²) in [5, 5.41) is 13.9. The number of ketones is 1. The highest BCUT2D eigenvalue weighted by Gasteiger charge is 2.57.